The van der Waals surface area contributed by atoms with E-state index in [0.717, 1.165) is 39.1 Å². The summed E-state index contributed by atoms with van der Waals surface area (Å²) < 4.78 is 0. The highest BCUT2D eigenvalue weighted by atomic mass is 16.3. The van der Waals surface area contributed by atoms with Gasteiger partial charge in [0.05, 0.1) is 28.8 Å². The predicted octanol–water partition coefficient (Wildman–Crippen LogP) is 4.19. The Bertz CT molecular complexity index is 1140. The minimum atomic E-state index is -1.10. The van der Waals surface area contributed by atoms with Crippen LogP contribution >= 0.6 is 0 Å². The molecule has 0 bridgehead atoms. The molecule has 3 aromatic rings. The number of hydrogen-bond donors (Lipinski definition) is 3. The summed E-state index contributed by atoms with van der Waals surface area (Å²) in [5, 5.41) is 23.4. The Labute approximate surface area is 144 Å². The first kappa shape index (κ1) is 13.4. The van der Waals surface area contributed by atoms with E-state index >= 15 is 0 Å². The Hall–Kier alpha value is -2.85. The monoisotopic (exact) mass is 328 g/mol. The van der Waals surface area contributed by atoms with Gasteiger partial charge in [0.15, 0.2) is 0 Å². The van der Waals surface area contributed by atoms with Crippen molar-refractivity contribution in [3.05, 3.63) is 71.1 Å². The molecule has 0 saturated carbocycles. The highest BCUT2D eigenvalue weighted by molar-refractivity contribution is 6.20. The van der Waals surface area contributed by atoms with Crippen molar-refractivity contribution in [3.63, 3.8) is 0 Å². The van der Waals surface area contributed by atoms with Crippen molar-refractivity contribution in [1.29, 1.82) is 0 Å². The van der Waals surface area contributed by atoms with Crippen LogP contribution in [0.2, 0.25) is 0 Å². The van der Waals surface area contributed by atoms with E-state index in [1.165, 1.54) is 0 Å². The third-order valence-electron chi connectivity index (χ3n) is 5.92. The lowest BCUT2D eigenvalue weighted by molar-refractivity contribution is 0.0908. The summed E-state index contributed by atoms with van der Waals surface area (Å²) >= 11 is 0. The van der Waals surface area contributed by atoms with Crippen molar-refractivity contribution < 1.29 is 10.2 Å². The van der Waals surface area contributed by atoms with Gasteiger partial charge in [-0.05, 0) is 24.1 Å². The van der Waals surface area contributed by atoms with E-state index in [0.29, 0.717) is 24.2 Å². The number of aliphatic hydroxyl groups excluding tert-OH is 1. The van der Waals surface area contributed by atoms with Gasteiger partial charge in [0.25, 0.3) is 0 Å². The standard InChI is InChI=1S/C21H16N2O2/c24-15-9-10-21(25)17-12-6-2-4-8-14(12)23-20(17)19-16(18(15)21)11-5-1-3-7-13(11)22-19/h1-8,17,22,24-25H,9-10H2. The molecule has 3 N–H and O–H groups in total. The van der Waals surface area contributed by atoms with Crippen LogP contribution in [0.15, 0.2) is 59.3 Å². The second kappa shape index (κ2) is 4.21. The number of nitrogens with zero attached hydrogens (tertiary/aromatic N) is 1. The fraction of sp³-hybridized carbons (Fsp3) is 0.190. The van der Waals surface area contributed by atoms with E-state index < -0.39 is 5.60 Å². The first-order chi connectivity index (χ1) is 12.2. The Morgan fingerprint density at radius 3 is 2.80 bits per heavy atom. The maximum atomic E-state index is 11.7. The van der Waals surface area contributed by atoms with E-state index in [-0.39, 0.29) is 5.92 Å². The number of aliphatic hydroxyl groups is 2. The molecule has 3 aliphatic rings. The Balaban J connectivity index is 1.78. The van der Waals surface area contributed by atoms with Gasteiger partial charge in [0.1, 0.15) is 5.60 Å². The van der Waals surface area contributed by atoms with Crippen LogP contribution < -0.4 is 0 Å². The number of benzene rings is 2. The molecule has 25 heavy (non-hydrogen) atoms. The number of fused-ring (bicyclic) bond motifs is 10. The number of rotatable bonds is 0. The van der Waals surface area contributed by atoms with Crippen LogP contribution in [0, 0.1) is 0 Å². The van der Waals surface area contributed by atoms with Crippen molar-refractivity contribution in [2.75, 3.05) is 0 Å². The molecule has 2 atom stereocenters. The summed E-state index contributed by atoms with van der Waals surface area (Å²) in [7, 11) is 0. The van der Waals surface area contributed by atoms with E-state index in [4.69, 9.17) is 4.99 Å². The van der Waals surface area contributed by atoms with Crippen LogP contribution in [0.4, 0.5) is 5.69 Å². The molecule has 1 aliphatic heterocycles. The Morgan fingerprint density at radius 2 is 1.88 bits per heavy atom. The van der Waals surface area contributed by atoms with Crippen LogP contribution in [0.3, 0.4) is 0 Å². The molecule has 0 amide bonds. The zero-order valence-corrected chi connectivity index (χ0v) is 13.5. The molecule has 2 unspecified atom stereocenters. The van der Waals surface area contributed by atoms with E-state index in [9.17, 15) is 10.2 Å². The summed E-state index contributed by atoms with van der Waals surface area (Å²) in [4.78, 5) is 8.35. The van der Waals surface area contributed by atoms with Crippen molar-refractivity contribution in [2.45, 2.75) is 24.4 Å². The zero-order valence-electron chi connectivity index (χ0n) is 13.5. The zero-order chi connectivity index (χ0) is 16.8. The molecule has 2 aromatic carbocycles. The van der Waals surface area contributed by atoms with Crippen molar-refractivity contribution >= 4 is 27.9 Å². The number of hydrogen-bond acceptors (Lipinski definition) is 3. The van der Waals surface area contributed by atoms with Gasteiger partial charge < -0.3 is 15.2 Å². The molecular formula is C21H16N2O2. The van der Waals surface area contributed by atoms with Gasteiger partial charge in [-0.2, -0.15) is 0 Å². The number of para-hydroxylation sites is 2. The number of allylic oxidation sites excluding steroid dienone is 1. The van der Waals surface area contributed by atoms with Crippen LogP contribution in [0.5, 0.6) is 0 Å². The molecule has 122 valence electrons. The Kier molecular flexibility index (Phi) is 2.26. The number of aromatic amines is 1. The van der Waals surface area contributed by atoms with Crippen molar-refractivity contribution in [3.8, 4) is 0 Å². The quantitative estimate of drug-likeness (QED) is 0.579. The highest BCUT2D eigenvalue weighted by Crippen LogP contribution is 2.59. The van der Waals surface area contributed by atoms with Gasteiger partial charge in [0, 0.05) is 28.5 Å². The molecule has 2 heterocycles. The fourth-order valence-electron chi connectivity index (χ4n) is 4.91. The lowest BCUT2D eigenvalue weighted by Crippen LogP contribution is -2.42. The van der Waals surface area contributed by atoms with Gasteiger partial charge in [-0.15, -0.1) is 0 Å². The minimum Gasteiger partial charge on any atom is -0.512 e. The van der Waals surface area contributed by atoms with Gasteiger partial charge >= 0.3 is 0 Å². The van der Waals surface area contributed by atoms with E-state index in [1.807, 2.05) is 48.5 Å². The number of aliphatic imine (C=N–C) groups is 1. The second-order valence-electron chi connectivity index (χ2n) is 7.16. The van der Waals surface area contributed by atoms with Gasteiger partial charge in [0.2, 0.25) is 0 Å². The largest absolute Gasteiger partial charge is 0.512 e. The van der Waals surface area contributed by atoms with Crippen LogP contribution in [0.1, 0.15) is 35.6 Å². The summed E-state index contributed by atoms with van der Waals surface area (Å²) in [6.07, 6.45) is 1.02. The molecule has 0 fully saturated rings. The van der Waals surface area contributed by atoms with Crippen molar-refractivity contribution in [1.82, 2.24) is 4.98 Å². The van der Waals surface area contributed by atoms with Gasteiger partial charge in [-0.25, -0.2) is 0 Å². The molecular weight excluding hydrogens is 312 g/mol. The molecule has 0 saturated heterocycles. The fourth-order valence-corrected chi connectivity index (χ4v) is 4.91. The maximum absolute atomic E-state index is 11.7. The van der Waals surface area contributed by atoms with E-state index in [1.54, 1.807) is 0 Å². The summed E-state index contributed by atoms with van der Waals surface area (Å²) in [6.45, 7) is 0. The Morgan fingerprint density at radius 1 is 1.08 bits per heavy atom. The second-order valence-corrected chi connectivity index (χ2v) is 7.16. The molecule has 4 nitrogen and oxygen atoms in total. The number of nitrogens with one attached hydrogen (secondary N) is 1. The molecule has 4 heteroatoms. The lowest BCUT2D eigenvalue weighted by atomic mass is 9.68. The van der Waals surface area contributed by atoms with Crippen LogP contribution in [-0.2, 0) is 0 Å². The third-order valence-corrected chi connectivity index (χ3v) is 5.92. The van der Waals surface area contributed by atoms with Crippen LogP contribution in [0.25, 0.3) is 16.5 Å². The first-order valence-electron chi connectivity index (χ1n) is 8.62. The predicted molar refractivity (Wildman–Crippen MR) is 97.4 cm³/mol. The average Bonchev–Trinajstić information content (AvgIpc) is 3.27. The highest BCUT2D eigenvalue weighted by Gasteiger charge is 2.56. The summed E-state index contributed by atoms with van der Waals surface area (Å²) in [5.74, 6) is 0.0702. The molecule has 0 spiro atoms. The molecule has 2 aliphatic carbocycles. The van der Waals surface area contributed by atoms with Gasteiger partial charge in [-0.1, -0.05) is 36.4 Å². The molecule has 0 radical (unpaired) electrons. The SMILES string of the molecule is OC1=C2c3c([nH]c4ccccc34)C3=Nc4ccccc4C3C2(O)CC1. The molecule has 1 aromatic heterocycles. The molecule has 6 rings (SSSR count). The van der Waals surface area contributed by atoms with E-state index in [2.05, 4.69) is 4.98 Å². The summed E-state index contributed by atoms with van der Waals surface area (Å²) in [5.41, 5.74) is 5.25. The van der Waals surface area contributed by atoms with Crippen LogP contribution in [-0.4, -0.2) is 26.5 Å². The minimum absolute atomic E-state index is 0.232. The first-order valence-corrected chi connectivity index (χ1v) is 8.62. The van der Waals surface area contributed by atoms with Gasteiger partial charge in [-0.3, -0.25) is 4.99 Å². The van der Waals surface area contributed by atoms with Crippen molar-refractivity contribution in [2.24, 2.45) is 4.99 Å². The number of H-pyrrole nitrogens is 1. The average molecular weight is 328 g/mol. The topological polar surface area (TPSA) is 68.6 Å². The number of aromatic nitrogens is 1. The lowest BCUT2D eigenvalue weighted by Gasteiger charge is -2.38. The third kappa shape index (κ3) is 1.45. The smallest absolute Gasteiger partial charge is 0.106 e. The maximum Gasteiger partial charge on any atom is 0.106 e. The summed E-state index contributed by atoms with van der Waals surface area (Å²) in [6, 6.07) is 16.0. The normalized spacial score (nSPS) is 26.3.